The van der Waals surface area contributed by atoms with E-state index in [0.717, 1.165) is 13.1 Å². The summed E-state index contributed by atoms with van der Waals surface area (Å²) in [4.78, 5) is 0. The Hall–Kier alpha value is 0.0700. The van der Waals surface area contributed by atoms with E-state index in [1.165, 1.54) is 19.3 Å². The third-order valence-corrected chi connectivity index (χ3v) is 3.28. The van der Waals surface area contributed by atoms with Crippen molar-refractivity contribution in [1.29, 1.82) is 0 Å². The molecule has 0 saturated carbocycles. The first kappa shape index (κ1) is 9.16. The lowest BCUT2D eigenvalue weighted by Gasteiger charge is -2.27. The largest absolute Gasteiger partial charge is 0.225 e. The van der Waals surface area contributed by atoms with Gasteiger partial charge >= 0.3 is 0 Å². The minimum atomic E-state index is -0.892. The number of rotatable bonds is 2. The molecule has 0 amide bonds. The second kappa shape index (κ2) is 4.18. The lowest BCUT2D eigenvalue weighted by Crippen LogP contribution is -2.37. The first-order chi connectivity index (χ1) is 5.22. The second-order valence-corrected chi connectivity index (χ2v) is 4.74. The molecule has 1 fully saturated rings. The van der Waals surface area contributed by atoms with E-state index in [9.17, 15) is 4.21 Å². The first-order valence-electron chi connectivity index (χ1n) is 4.06. The average Bonchev–Trinajstić information content (AvgIpc) is 2.05. The van der Waals surface area contributed by atoms with E-state index in [1.807, 2.05) is 18.4 Å². The fourth-order valence-electron chi connectivity index (χ4n) is 1.25. The summed E-state index contributed by atoms with van der Waals surface area (Å²) >= 11 is -0.892. The molecule has 3 nitrogen and oxygen atoms in total. The number of hydrogen-bond acceptors (Lipinski definition) is 1. The Morgan fingerprint density at radius 1 is 1.18 bits per heavy atom. The maximum atomic E-state index is 11.5. The van der Waals surface area contributed by atoms with Gasteiger partial charge in [-0.25, -0.2) is 12.8 Å². The van der Waals surface area contributed by atoms with Gasteiger partial charge in [0.25, 0.3) is 0 Å². The fourth-order valence-corrected chi connectivity index (χ4v) is 2.28. The van der Waals surface area contributed by atoms with E-state index in [-0.39, 0.29) is 0 Å². The van der Waals surface area contributed by atoms with Gasteiger partial charge in [-0.15, -0.1) is 0 Å². The highest BCUT2D eigenvalue weighted by Crippen LogP contribution is 2.11. The Labute approximate surface area is 71.1 Å². The van der Waals surface area contributed by atoms with E-state index < -0.39 is 11.2 Å². The predicted molar refractivity (Wildman–Crippen MR) is 47.3 cm³/mol. The molecular weight excluding hydrogens is 160 g/mol. The first-order valence-corrected chi connectivity index (χ1v) is 5.12. The molecule has 1 unspecified atom stereocenters. The van der Waals surface area contributed by atoms with Gasteiger partial charge in [-0.2, -0.15) is 0 Å². The molecule has 4 heteroatoms. The zero-order valence-electron chi connectivity index (χ0n) is 7.25. The zero-order valence-corrected chi connectivity index (χ0v) is 8.06. The van der Waals surface area contributed by atoms with Crippen LogP contribution in [0.4, 0.5) is 0 Å². The summed E-state index contributed by atoms with van der Waals surface area (Å²) in [6, 6.07) is 0. The summed E-state index contributed by atoms with van der Waals surface area (Å²) in [6.07, 6.45) is 3.68. The molecule has 0 aromatic heterocycles. The third-order valence-electron chi connectivity index (χ3n) is 1.85. The molecule has 1 rings (SSSR count). The standard InChI is InChI=1S/C7H16N2OS/c1-8(2)11(10)9-6-4-3-5-7-9/h3-7H2,1-2H3. The minimum Gasteiger partial charge on any atom is -0.225 e. The van der Waals surface area contributed by atoms with Gasteiger partial charge in [-0.1, -0.05) is 6.42 Å². The summed E-state index contributed by atoms with van der Waals surface area (Å²) in [5, 5.41) is 0. The molecule has 1 heterocycles. The van der Waals surface area contributed by atoms with E-state index in [4.69, 9.17) is 0 Å². The van der Waals surface area contributed by atoms with Gasteiger partial charge in [0.15, 0.2) is 11.2 Å². The molecule has 0 spiro atoms. The summed E-state index contributed by atoms with van der Waals surface area (Å²) in [6.45, 7) is 1.98. The Morgan fingerprint density at radius 2 is 1.73 bits per heavy atom. The van der Waals surface area contributed by atoms with Gasteiger partial charge in [-0.05, 0) is 12.8 Å². The molecular formula is C7H16N2OS. The van der Waals surface area contributed by atoms with E-state index >= 15 is 0 Å². The summed E-state index contributed by atoms with van der Waals surface area (Å²) in [5.41, 5.74) is 0. The van der Waals surface area contributed by atoms with Crippen LogP contribution in [0.5, 0.6) is 0 Å². The van der Waals surface area contributed by atoms with Gasteiger partial charge in [0, 0.05) is 27.2 Å². The Kier molecular flexibility index (Phi) is 3.48. The minimum absolute atomic E-state index is 0.892. The zero-order chi connectivity index (χ0) is 8.27. The van der Waals surface area contributed by atoms with Crippen LogP contribution in [-0.4, -0.2) is 40.0 Å². The van der Waals surface area contributed by atoms with Crippen molar-refractivity contribution in [2.75, 3.05) is 27.2 Å². The molecule has 0 radical (unpaired) electrons. The summed E-state index contributed by atoms with van der Waals surface area (Å²) in [5.74, 6) is 0. The van der Waals surface area contributed by atoms with Crippen LogP contribution in [0.15, 0.2) is 0 Å². The molecule has 11 heavy (non-hydrogen) atoms. The van der Waals surface area contributed by atoms with Gasteiger partial charge in [0.1, 0.15) is 0 Å². The van der Waals surface area contributed by atoms with Crippen molar-refractivity contribution in [1.82, 2.24) is 8.61 Å². The van der Waals surface area contributed by atoms with Gasteiger partial charge < -0.3 is 0 Å². The summed E-state index contributed by atoms with van der Waals surface area (Å²) in [7, 11) is 3.70. The van der Waals surface area contributed by atoms with Crippen LogP contribution >= 0.6 is 0 Å². The number of nitrogens with zero attached hydrogens (tertiary/aromatic N) is 2. The molecule has 1 atom stereocenters. The van der Waals surface area contributed by atoms with E-state index in [1.54, 1.807) is 4.31 Å². The molecule has 0 N–H and O–H groups in total. The number of piperidine rings is 1. The van der Waals surface area contributed by atoms with Crippen molar-refractivity contribution >= 4 is 11.2 Å². The normalized spacial score (nSPS) is 23.9. The molecule has 0 aliphatic carbocycles. The monoisotopic (exact) mass is 176 g/mol. The van der Waals surface area contributed by atoms with Gasteiger partial charge in [-0.3, -0.25) is 0 Å². The van der Waals surface area contributed by atoms with Crippen LogP contribution in [0.1, 0.15) is 19.3 Å². The van der Waals surface area contributed by atoms with Crippen molar-refractivity contribution in [3.05, 3.63) is 0 Å². The van der Waals surface area contributed by atoms with E-state index in [2.05, 4.69) is 0 Å². The Morgan fingerprint density at radius 3 is 2.18 bits per heavy atom. The Bertz CT molecular complexity index is 143. The highest BCUT2D eigenvalue weighted by molar-refractivity contribution is 7.80. The topological polar surface area (TPSA) is 23.6 Å². The lowest BCUT2D eigenvalue weighted by molar-refractivity contribution is 0.350. The van der Waals surface area contributed by atoms with Crippen LogP contribution in [0, 0.1) is 0 Å². The van der Waals surface area contributed by atoms with Crippen molar-refractivity contribution in [3.63, 3.8) is 0 Å². The second-order valence-electron chi connectivity index (χ2n) is 3.03. The van der Waals surface area contributed by atoms with Gasteiger partial charge in [0.05, 0.1) is 0 Å². The van der Waals surface area contributed by atoms with Crippen LogP contribution in [0.3, 0.4) is 0 Å². The van der Waals surface area contributed by atoms with Crippen LogP contribution in [0.25, 0.3) is 0 Å². The van der Waals surface area contributed by atoms with E-state index in [0.29, 0.717) is 0 Å². The molecule has 66 valence electrons. The molecule has 1 saturated heterocycles. The van der Waals surface area contributed by atoms with Crippen LogP contribution in [-0.2, 0) is 11.2 Å². The number of hydrogen-bond donors (Lipinski definition) is 0. The maximum Gasteiger partial charge on any atom is 0.172 e. The smallest absolute Gasteiger partial charge is 0.172 e. The average molecular weight is 176 g/mol. The predicted octanol–water partition coefficient (Wildman–Crippen LogP) is 0.613. The van der Waals surface area contributed by atoms with Gasteiger partial charge in [0.2, 0.25) is 0 Å². The molecule has 0 bridgehead atoms. The summed E-state index contributed by atoms with van der Waals surface area (Å²) < 4.78 is 15.2. The Balaban J connectivity index is 2.39. The quantitative estimate of drug-likeness (QED) is 0.605. The highest BCUT2D eigenvalue weighted by Gasteiger charge is 2.17. The SMILES string of the molecule is CN(C)S(=O)N1CCCCC1. The van der Waals surface area contributed by atoms with Crippen molar-refractivity contribution in [3.8, 4) is 0 Å². The lowest BCUT2D eigenvalue weighted by atomic mass is 10.2. The molecule has 0 aromatic rings. The molecule has 1 aliphatic rings. The van der Waals surface area contributed by atoms with Crippen LogP contribution < -0.4 is 0 Å². The highest BCUT2D eigenvalue weighted by atomic mass is 32.2. The van der Waals surface area contributed by atoms with Crippen molar-refractivity contribution < 1.29 is 4.21 Å². The van der Waals surface area contributed by atoms with Crippen molar-refractivity contribution in [2.45, 2.75) is 19.3 Å². The fraction of sp³-hybridized carbons (Fsp3) is 1.00. The third kappa shape index (κ3) is 2.54. The van der Waals surface area contributed by atoms with Crippen LogP contribution in [0.2, 0.25) is 0 Å². The van der Waals surface area contributed by atoms with Crippen molar-refractivity contribution in [2.24, 2.45) is 0 Å². The molecule has 0 aromatic carbocycles. The maximum absolute atomic E-state index is 11.5. The molecule has 1 aliphatic heterocycles.